The third kappa shape index (κ3) is 4.54. The molecule has 0 saturated heterocycles. The Morgan fingerprint density at radius 2 is 2.00 bits per heavy atom. The summed E-state index contributed by atoms with van der Waals surface area (Å²) in [5.74, 6) is 0. The topological polar surface area (TPSA) is 55.2 Å². The van der Waals surface area contributed by atoms with Gasteiger partial charge in [0.25, 0.3) is 0 Å². The lowest BCUT2D eigenvalue weighted by Gasteiger charge is -2.18. The molecule has 5 nitrogen and oxygen atoms in total. The van der Waals surface area contributed by atoms with E-state index in [0.29, 0.717) is 13.1 Å². The lowest BCUT2D eigenvalue weighted by atomic mass is 10.2. The predicted octanol–water partition coefficient (Wildman–Crippen LogP) is 2.63. The second-order valence-corrected chi connectivity index (χ2v) is 6.93. The molecule has 0 amide bonds. The number of sulfonamides is 1. The molecule has 0 unspecified atom stereocenters. The van der Waals surface area contributed by atoms with Gasteiger partial charge in [-0.1, -0.05) is 37.3 Å². The van der Waals surface area contributed by atoms with E-state index in [2.05, 4.69) is 5.10 Å². The summed E-state index contributed by atoms with van der Waals surface area (Å²) in [4.78, 5) is 0. The summed E-state index contributed by atoms with van der Waals surface area (Å²) in [6, 6.07) is 9.41. The van der Waals surface area contributed by atoms with E-state index in [9.17, 15) is 8.42 Å². The Balaban J connectivity index is 2.16. The maximum atomic E-state index is 12.5. The smallest absolute Gasteiger partial charge is 0.236 e. The van der Waals surface area contributed by atoms with E-state index in [1.165, 1.54) is 9.71 Å². The molecule has 0 N–H and O–H groups in total. The van der Waals surface area contributed by atoms with Crippen molar-refractivity contribution in [1.29, 1.82) is 0 Å². The SMILES string of the molecule is CCCN(Cc1cnn(C)c1)S(=O)(=O)C=Cc1ccccc1. The van der Waals surface area contributed by atoms with Gasteiger partial charge >= 0.3 is 0 Å². The zero-order chi connectivity index (χ0) is 16.0. The molecule has 2 rings (SSSR count). The minimum absolute atomic E-state index is 0.336. The molecule has 1 aromatic carbocycles. The van der Waals surface area contributed by atoms with Gasteiger partial charge in [-0.15, -0.1) is 0 Å². The first-order valence-electron chi connectivity index (χ1n) is 7.22. The minimum Gasteiger partial charge on any atom is -0.275 e. The number of aromatic nitrogens is 2. The number of benzene rings is 1. The van der Waals surface area contributed by atoms with Crippen LogP contribution in [0.25, 0.3) is 6.08 Å². The molecule has 1 heterocycles. The van der Waals surface area contributed by atoms with Crippen molar-refractivity contribution in [1.82, 2.24) is 14.1 Å². The summed E-state index contributed by atoms with van der Waals surface area (Å²) in [6.07, 6.45) is 5.91. The molecule has 0 atom stereocenters. The van der Waals surface area contributed by atoms with Crippen LogP contribution in [0.5, 0.6) is 0 Å². The highest BCUT2D eigenvalue weighted by atomic mass is 32.2. The lowest BCUT2D eigenvalue weighted by Crippen LogP contribution is -2.29. The summed E-state index contributed by atoms with van der Waals surface area (Å²) in [6.45, 7) is 2.78. The van der Waals surface area contributed by atoms with Crippen molar-refractivity contribution in [2.45, 2.75) is 19.9 Å². The maximum absolute atomic E-state index is 12.5. The molecule has 0 spiro atoms. The van der Waals surface area contributed by atoms with Gasteiger partial charge in [-0.2, -0.15) is 9.40 Å². The van der Waals surface area contributed by atoms with Crippen molar-refractivity contribution >= 4 is 16.1 Å². The van der Waals surface area contributed by atoms with Crippen molar-refractivity contribution in [2.24, 2.45) is 7.05 Å². The molecule has 0 radical (unpaired) electrons. The van der Waals surface area contributed by atoms with Gasteiger partial charge in [-0.25, -0.2) is 8.42 Å². The zero-order valence-corrected chi connectivity index (χ0v) is 13.7. The summed E-state index contributed by atoms with van der Waals surface area (Å²) in [5.41, 5.74) is 1.75. The van der Waals surface area contributed by atoms with Crippen molar-refractivity contribution in [2.75, 3.05) is 6.54 Å². The van der Waals surface area contributed by atoms with Crippen molar-refractivity contribution in [3.63, 3.8) is 0 Å². The van der Waals surface area contributed by atoms with Crippen LogP contribution >= 0.6 is 0 Å². The monoisotopic (exact) mass is 319 g/mol. The van der Waals surface area contributed by atoms with Crippen molar-refractivity contribution < 1.29 is 8.42 Å². The van der Waals surface area contributed by atoms with Gasteiger partial charge in [0.1, 0.15) is 0 Å². The normalized spacial score (nSPS) is 12.3. The fraction of sp³-hybridized carbons (Fsp3) is 0.312. The summed E-state index contributed by atoms with van der Waals surface area (Å²) >= 11 is 0. The molecular weight excluding hydrogens is 298 g/mol. The number of nitrogens with zero attached hydrogens (tertiary/aromatic N) is 3. The van der Waals surface area contributed by atoms with E-state index in [1.54, 1.807) is 17.0 Å². The first-order valence-corrected chi connectivity index (χ1v) is 8.72. The highest BCUT2D eigenvalue weighted by Gasteiger charge is 2.19. The second kappa shape index (κ2) is 7.38. The fourth-order valence-electron chi connectivity index (χ4n) is 2.12. The van der Waals surface area contributed by atoms with Crippen LogP contribution in [0, 0.1) is 0 Å². The molecule has 0 aliphatic rings. The van der Waals surface area contributed by atoms with E-state index in [1.807, 2.05) is 50.5 Å². The second-order valence-electron chi connectivity index (χ2n) is 5.11. The molecule has 0 fully saturated rings. The van der Waals surface area contributed by atoms with Crippen molar-refractivity contribution in [3.8, 4) is 0 Å². The molecule has 22 heavy (non-hydrogen) atoms. The quantitative estimate of drug-likeness (QED) is 0.788. The van der Waals surface area contributed by atoms with E-state index < -0.39 is 10.0 Å². The minimum atomic E-state index is -3.46. The number of rotatable bonds is 7. The molecule has 0 aliphatic heterocycles. The first kappa shape index (κ1) is 16.5. The van der Waals surface area contributed by atoms with Crippen LogP contribution in [0.3, 0.4) is 0 Å². The van der Waals surface area contributed by atoms with Gasteiger partial charge < -0.3 is 0 Å². The molecule has 0 bridgehead atoms. The standard InChI is InChI=1S/C16H21N3O2S/c1-3-10-19(14-16-12-17-18(2)13-16)22(20,21)11-9-15-7-5-4-6-8-15/h4-9,11-13H,3,10,14H2,1-2H3. The van der Waals surface area contributed by atoms with Crippen LogP contribution < -0.4 is 0 Å². The number of hydrogen-bond donors (Lipinski definition) is 0. The zero-order valence-electron chi connectivity index (χ0n) is 12.9. The lowest BCUT2D eigenvalue weighted by molar-refractivity contribution is 0.412. The highest BCUT2D eigenvalue weighted by molar-refractivity contribution is 7.92. The third-order valence-electron chi connectivity index (χ3n) is 3.18. The van der Waals surface area contributed by atoms with Crippen LogP contribution in [-0.2, 0) is 23.6 Å². The summed E-state index contributed by atoms with van der Waals surface area (Å²) in [5, 5.41) is 5.35. The fourth-order valence-corrected chi connectivity index (χ4v) is 3.38. The Labute approximate surface area is 131 Å². The number of aryl methyl sites for hydroxylation is 1. The Bertz CT molecular complexity index is 721. The Morgan fingerprint density at radius 1 is 1.27 bits per heavy atom. The van der Waals surface area contributed by atoms with Crippen LogP contribution in [0.2, 0.25) is 0 Å². The average Bonchev–Trinajstić information content (AvgIpc) is 2.91. The van der Waals surface area contributed by atoms with Crippen LogP contribution in [0.15, 0.2) is 48.1 Å². The van der Waals surface area contributed by atoms with Gasteiger partial charge in [0.15, 0.2) is 0 Å². The highest BCUT2D eigenvalue weighted by Crippen LogP contribution is 2.13. The van der Waals surface area contributed by atoms with Gasteiger partial charge in [-0.3, -0.25) is 4.68 Å². The van der Waals surface area contributed by atoms with Crippen LogP contribution in [0.4, 0.5) is 0 Å². The average molecular weight is 319 g/mol. The molecule has 0 aliphatic carbocycles. The summed E-state index contributed by atoms with van der Waals surface area (Å²) < 4.78 is 28.2. The van der Waals surface area contributed by atoms with E-state index in [-0.39, 0.29) is 0 Å². The van der Waals surface area contributed by atoms with Crippen LogP contribution in [0.1, 0.15) is 24.5 Å². The van der Waals surface area contributed by atoms with Gasteiger partial charge in [0.05, 0.1) is 6.20 Å². The maximum Gasteiger partial charge on any atom is 0.236 e. The molecule has 1 aromatic heterocycles. The Morgan fingerprint density at radius 3 is 2.59 bits per heavy atom. The summed E-state index contributed by atoms with van der Waals surface area (Å²) in [7, 11) is -1.64. The largest absolute Gasteiger partial charge is 0.275 e. The van der Waals surface area contributed by atoms with Gasteiger partial charge in [0, 0.05) is 37.3 Å². The number of hydrogen-bond acceptors (Lipinski definition) is 3. The van der Waals surface area contributed by atoms with E-state index in [0.717, 1.165) is 17.5 Å². The predicted molar refractivity (Wildman–Crippen MR) is 88.3 cm³/mol. The molecular formula is C16H21N3O2S. The first-order chi connectivity index (χ1) is 10.5. The van der Waals surface area contributed by atoms with E-state index in [4.69, 9.17) is 0 Å². The Kier molecular flexibility index (Phi) is 5.51. The van der Waals surface area contributed by atoms with Crippen LogP contribution in [-0.4, -0.2) is 29.0 Å². The third-order valence-corrected chi connectivity index (χ3v) is 4.69. The Hall–Kier alpha value is -1.92. The molecule has 0 saturated carbocycles. The van der Waals surface area contributed by atoms with Gasteiger partial charge in [0.2, 0.25) is 10.0 Å². The molecule has 118 valence electrons. The van der Waals surface area contributed by atoms with E-state index >= 15 is 0 Å². The molecule has 2 aromatic rings. The molecule has 6 heteroatoms. The van der Waals surface area contributed by atoms with Gasteiger partial charge in [-0.05, 0) is 18.1 Å². The van der Waals surface area contributed by atoms with Crippen molar-refractivity contribution in [3.05, 3.63) is 59.3 Å².